The second-order valence-electron chi connectivity index (χ2n) is 5.48. The fraction of sp³-hybridized carbons (Fsp3) is 0.167. The number of amides is 3. The van der Waals surface area contributed by atoms with Crippen LogP contribution in [0.1, 0.15) is 21.5 Å². The highest BCUT2D eigenvalue weighted by molar-refractivity contribution is 6.12. The molecule has 1 aliphatic heterocycles. The predicted molar refractivity (Wildman–Crippen MR) is 86.0 cm³/mol. The molecule has 0 atom stereocenters. The van der Waals surface area contributed by atoms with Crippen LogP contribution in [0, 0.1) is 6.92 Å². The van der Waals surface area contributed by atoms with E-state index in [-0.39, 0.29) is 24.8 Å². The monoisotopic (exact) mass is 308 g/mol. The van der Waals surface area contributed by atoms with Crippen LogP contribution in [0.4, 0.5) is 5.69 Å². The van der Waals surface area contributed by atoms with Gasteiger partial charge in [-0.25, -0.2) is 0 Å². The van der Waals surface area contributed by atoms with Crippen LogP contribution in [0.2, 0.25) is 0 Å². The Kier molecular flexibility index (Phi) is 3.93. The number of carbonyl (C=O) groups excluding carboxylic acids is 3. The van der Waals surface area contributed by atoms with Crippen molar-refractivity contribution in [2.45, 2.75) is 13.3 Å². The predicted octanol–water partition coefficient (Wildman–Crippen LogP) is 2.16. The Morgan fingerprint density at radius 3 is 2.57 bits per heavy atom. The quantitative estimate of drug-likeness (QED) is 0.884. The largest absolute Gasteiger partial charge is 0.324 e. The normalized spacial score (nSPS) is 13.7. The van der Waals surface area contributed by atoms with E-state index >= 15 is 0 Å². The van der Waals surface area contributed by atoms with E-state index in [1.165, 1.54) is 0 Å². The van der Waals surface area contributed by atoms with E-state index in [9.17, 15) is 14.4 Å². The standard InChI is InChI=1S/C18H16N2O3/c1-12-6-2-5-9-15(12)19-16(21)11-20-17(22)10-13-7-3-4-8-14(13)18(20)23/h2-9H,10-11H2,1H3,(H,19,21). The van der Waals surface area contributed by atoms with E-state index in [1.54, 1.807) is 30.3 Å². The number of nitrogens with one attached hydrogen (secondary N) is 1. The number of hydrogen-bond acceptors (Lipinski definition) is 3. The van der Waals surface area contributed by atoms with Gasteiger partial charge in [0.15, 0.2) is 0 Å². The first-order valence-corrected chi connectivity index (χ1v) is 7.34. The summed E-state index contributed by atoms with van der Waals surface area (Å²) in [6, 6.07) is 14.3. The second kappa shape index (κ2) is 6.04. The lowest BCUT2D eigenvalue weighted by Gasteiger charge is -2.26. The number of fused-ring (bicyclic) bond motifs is 1. The third kappa shape index (κ3) is 2.99. The molecule has 1 aliphatic rings. The molecular formula is C18H16N2O3. The average Bonchev–Trinajstić information content (AvgIpc) is 2.54. The van der Waals surface area contributed by atoms with Crippen molar-refractivity contribution in [3.05, 3.63) is 65.2 Å². The molecule has 0 aliphatic carbocycles. The number of anilines is 1. The molecule has 0 unspecified atom stereocenters. The zero-order chi connectivity index (χ0) is 16.4. The van der Waals surface area contributed by atoms with Gasteiger partial charge >= 0.3 is 0 Å². The van der Waals surface area contributed by atoms with Gasteiger partial charge in [0.1, 0.15) is 6.54 Å². The molecule has 3 amide bonds. The lowest BCUT2D eigenvalue weighted by Crippen LogP contribution is -2.46. The minimum absolute atomic E-state index is 0.138. The molecule has 5 heteroatoms. The first-order chi connectivity index (χ1) is 11.1. The van der Waals surface area contributed by atoms with Crippen molar-refractivity contribution in [2.24, 2.45) is 0 Å². The molecule has 116 valence electrons. The molecule has 0 fully saturated rings. The van der Waals surface area contributed by atoms with E-state index in [4.69, 9.17) is 0 Å². The first kappa shape index (κ1) is 15.0. The SMILES string of the molecule is Cc1ccccc1NC(=O)CN1C(=O)Cc2ccccc2C1=O. The first-order valence-electron chi connectivity index (χ1n) is 7.34. The van der Waals surface area contributed by atoms with Gasteiger partial charge in [0.2, 0.25) is 11.8 Å². The van der Waals surface area contributed by atoms with E-state index < -0.39 is 5.91 Å². The Hall–Kier alpha value is -2.95. The number of hydrogen-bond donors (Lipinski definition) is 1. The molecular weight excluding hydrogens is 292 g/mol. The van der Waals surface area contributed by atoms with Crippen LogP contribution in [0.25, 0.3) is 0 Å². The van der Waals surface area contributed by atoms with Gasteiger partial charge in [0, 0.05) is 11.3 Å². The maximum absolute atomic E-state index is 12.4. The summed E-state index contributed by atoms with van der Waals surface area (Å²) >= 11 is 0. The summed E-state index contributed by atoms with van der Waals surface area (Å²) in [5.74, 6) is -1.16. The van der Waals surface area contributed by atoms with E-state index in [0.29, 0.717) is 16.8 Å². The van der Waals surface area contributed by atoms with E-state index in [1.807, 2.05) is 25.1 Å². The topological polar surface area (TPSA) is 66.5 Å². The summed E-state index contributed by atoms with van der Waals surface area (Å²) in [6.07, 6.45) is 0.138. The van der Waals surface area contributed by atoms with Crippen molar-refractivity contribution in [2.75, 3.05) is 11.9 Å². The molecule has 1 N–H and O–H groups in total. The van der Waals surface area contributed by atoms with Gasteiger partial charge in [-0.1, -0.05) is 36.4 Å². The fourth-order valence-electron chi connectivity index (χ4n) is 2.61. The number of imide groups is 1. The van der Waals surface area contributed by atoms with Crippen molar-refractivity contribution in [1.82, 2.24) is 4.90 Å². The Balaban J connectivity index is 1.75. The second-order valence-corrected chi connectivity index (χ2v) is 5.48. The highest BCUT2D eigenvalue weighted by Crippen LogP contribution is 2.20. The van der Waals surface area contributed by atoms with Gasteiger partial charge in [-0.3, -0.25) is 19.3 Å². The van der Waals surface area contributed by atoms with Crippen LogP contribution < -0.4 is 5.32 Å². The lowest BCUT2D eigenvalue weighted by atomic mass is 9.98. The molecule has 5 nitrogen and oxygen atoms in total. The lowest BCUT2D eigenvalue weighted by molar-refractivity contribution is -0.131. The van der Waals surface area contributed by atoms with Crippen LogP contribution in [0.3, 0.4) is 0 Å². The molecule has 23 heavy (non-hydrogen) atoms. The molecule has 2 aromatic rings. The van der Waals surface area contributed by atoms with Gasteiger partial charge in [-0.05, 0) is 30.2 Å². The zero-order valence-electron chi connectivity index (χ0n) is 12.7. The summed E-state index contributed by atoms with van der Waals surface area (Å²) in [7, 11) is 0. The van der Waals surface area contributed by atoms with Crippen LogP contribution in [-0.4, -0.2) is 29.2 Å². The molecule has 1 heterocycles. The van der Waals surface area contributed by atoms with Gasteiger partial charge in [-0.15, -0.1) is 0 Å². The molecule has 0 aromatic heterocycles. The highest BCUT2D eigenvalue weighted by atomic mass is 16.2. The van der Waals surface area contributed by atoms with Crippen molar-refractivity contribution in [3.63, 3.8) is 0 Å². The van der Waals surface area contributed by atoms with Crippen molar-refractivity contribution >= 4 is 23.4 Å². The summed E-state index contributed by atoms with van der Waals surface area (Å²) in [6.45, 7) is 1.60. The van der Waals surface area contributed by atoms with Crippen LogP contribution >= 0.6 is 0 Å². The highest BCUT2D eigenvalue weighted by Gasteiger charge is 2.31. The van der Waals surface area contributed by atoms with Gasteiger partial charge < -0.3 is 5.32 Å². The number of carbonyl (C=O) groups is 3. The third-order valence-corrected chi connectivity index (χ3v) is 3.86. The molecule has 0 spiro atoms. The number of rotatable bonds is 3. The molecule has 0 saturated carbocycles. The summed E-state index contributed by atoms with van der Waals surface area (Å²) < 4.78 is 0. The molecule has 3 rings (SSSR count). The van der Waals surface area contributed by atoms with Gasteiger partial charge in [-0.2, -0.15) is 0 Å². The van der Waals surface area contributed by atoms with Crippen LogP contribution in [0.5, 0.6) is 0 Å². The third-order valence-electron chi connectivity index (χ3n) is 3.86. The Morgan fingerprint density at radius 1 is 1.09 bits per heavy atom. The van der Waals surface area contributed by atoms with Crippen LogP contribution in [0.15, 0.2) is 48.5 Å². The van der Waals surface area contributed by atoms with Crippen molar-refractivity contribution < 1.29 is 14.4 Å². The molecule has 0 radical (unpaired) electrons. The minimum Gasteiger partial charge on any atom is -0.324 e. The smallest absolute Gasteiger partial charge is 0.261 e. The van der Waals surface area contributed by atoms with Gasteiger partial charge in [0.25, 0.3) is 5.91 Å². The van der Waals surface area contributed by atoms with Crippen LogP contribution in [-0.2, 0) is 16.0 Å². The van der Waals surface area contributed by atoms with Gasteiger partial charge in [0.05, 0.1) is 6.42 Å². The average molecular weight is 308 g/mol. The fourth-order valence-corrected chi connectivity index (χ4v) is 2.61. The van der Waals surface area contributed by atoms with Crippen molar-refractivity contribution in [3.8, 4) is 0 Å². The Morgan fingerprint density at radius 2 is 1.78 bits per heavy atom. The zero-order valence-corrected chi connectivity index (χ0v) is 12.7. The maximum Gasteiger partial charge on any atom is 0.261 e. The molecule has 0 bridgehead atoms. The molecule has 0 saturated heterocycles. The van der Waals surface area contributed by atoms with E-state index in [0.717, 1.165) is 10.5 Å². The summed E-state index contributed by atoms with van der Waals surface area (Å²) in [5, 5.41) is 2.74. The Labute approximate surface area is 133 Å². The molecule has 2 aromatic carbocycles. The number of nitrogens with zero attached hydrogens (tertiary/aromatic N) is 1. The minimum atomic E-state index is -0.420. The number of benzene rings is 2. The van der Waals surface area contributed by atoms with E-state index in [2.05, 4.69) is 5.32 Å². The summed E-state index contributed by atoms with van der Waals surface area (Å²) in [5.41, 5.74) is 2.78. The number of para-hydroxylation sites is 1. The number of aryl methyl sites for hydroxylation is 1. The van der Waals surface area contributed by atoms with Crippen molar-refractivity contribution in [1.29, 1.82) is 0 Å². The Bertz CT molecular complexity index is 798. The summed E-state index contributed by atoms with van der Waals surface area (Å²) in [4.78, 5) is 37.7. The maximum atomic E-state index is 12.4.